The fourth-order valence-corrected chi connectivity index (χ4v) is 3.41. The van der Waals surface area contributed by atoms with Gasteiger partial charge in [0.1, 0.15) is 0 Å². The van der Waals surface area contributed by atoms with E-state index >= 15 is 0 Å². The Morgan fingerprint density at radius 2 is 1.83 bits per heavy atom. The minimum atomic E-state index is -0.104. The molecule has 1 amide bonds. The number of nitrogens with zero attached hydrogens (tertiary/aromatic N) is 3. The first-order valence-corrected chi connectivity index (χ1v) is 8.41. The summed E-state index contributed by atoms with van der Waals surface area (Å²) in [6, 6.07) is 9.89. The maximum atomic E-state index is 12.8. The van der Waals surface area contributed by atoms with Crippen LogP contribution in [-0.2, 0) is 12.8 Å². The van der Waals surface area contributed by atoms with Gasteiger partial charge in [-0.3, -0.25) is 4.79 Å². The average molecular weight is 320 g/mol. The highest BCUT2D eigenvalue weighted by Crippen LogP contribution is 2.30. The van der Waals surface area contributed by atoms with Crippen molar-refractivity contribution in [2.24, 2.45) is 0 Å². The molecule has 1 aromatic heterocycles. The molecule has 1 aromatic carbocycles. The first-order valence-electron chi connectivity index (χ1n) is 8.41. The van der Waals surface area contributed by atoms with E-state index in [2.05, 4.69) is 17.1 Å². The van der Waals surface area contributed by atoms with Crippen LogP contribution in [0.25, 0.3) is 10.9 Å². The van der Waals surface area contributed by atoms with Crippen molar-refractivity contribution < 1.29 is 4.79 Å². The van der Waals surface area contributed by atoms with E-state index in [-0.39, 0.29) is 18.7 Å². The molecular formula is C19H20N4O. The number of nitriles is 2. The Balaban J connectivity index is 1.90. The normalized spacial score (nSPS) is 13.1. The molecule has 1 N–H and O–H groups in total. The van der Waals surface area contributed by atoms with Crippen molar-refractivity contribution in [3.8, 4) is 12.1 Å². The van der Waals surface area contributed by atoms with Gasteiger partial charge < -0.3 is 9.88 Å². The van der Waals surface area contributed by atoms with E-state index in [1.54, 1.807) is 4.90 Å². The lowest BCUT2D eigenvalue weighted by Gasteiger charge is -2.20. The molecule has 0 saturated heterocycles. The van der Waals surface area contributed by atoms with Gasteiger partial charge in [-0.1, -0.05) is 0 Å². The average Bonchev–Trinajstić information content (AvgIpc) is 2.99. The largest absolute Gasteiger partial charge is 0.358 e. The van der Waals surface area contributed by atoms with Gasteiger partial charge in [-0.2, -0.15) is 10.5 Å². The van der Waals surface area contributed by atoms with Crippen LogP contribution in [0.1, 0.15) is 47.3 Å². The lowest BCUT2D eigenvalue weighted by Crippen LogP contribution is -2.32. The smallest absolute Gasteiger partial charge is 0.253 e. The van der Waals surface area contributed by atoms with Gasteiger partial charge in [0, 0.05) is 35.2 Å². The van der Waals surface area contributed by atoms with Crippen molar-refractivity contribution in [1.29, 1.82) is 10.5 Å². The number of hydrogen-bond donors (Lipinski definition) is 1. The number of aromatic nitrogens is 1. The summed E-state index contributed by atoms with van der Waals surface area (Å²) in [5.41, 5.74) is 4.35. The molecule has 1 heterocycles. The third-order valence-electron chi connectivity index (χ3n) is 4.62. The van der Waals surface area contributed by atoms with Gasteiger partial charge in [-0.15, -0.1) is 0 Å². The Morgan fingerprint density at radius 1 is 1.12 bits per heavy atom. The van der Waals surface area contributed by atoms with Crippen LogP contribution < -0.4 is 0 Å². The summed E-state index contributed by atoms with van der Waals surface area (Å²) in [7, 11) is 0. The van der Waals surface area contributed by atoms with E-state index in [1.807, 2.05) is 18.2 Å². The molecule has 0 saturated carbocycles. The summed E-state index contributed by atoms with van der Waals surface area (Å²) in [6.07, 6.45) is 5.08. The van der Waals surface area contributed by atoms with Crippen molar-refractivity contribution in [2.45, 2.75) is 38.5 Å². The Morgan fingerprint density at radius 3 is 2.54 bits per heavy atom. The first kappa shape index (κ1) is 16.1. The van der Waals surface area contributed by atoms with Gasteiger partial charge in [-0.25, -0.2) is 0 Å². The summed E-state index contributed by atoms with van der Waals surface area (Å²) in [6.45, 7) is 0.723. The van der Waals surface area contributed by atoms with Gasteiger partial charge in [-0.05, 0) is 49.4 Å². The molecular weight excluding hydrogens is 300 g/mol. The molecule has 1 aliphatic carbocycles. The number of carbonyl (C=O) groups excluding carboxylic acids is 1. The molecule has 2 aromatic rings. The lowest BCUT2D eigenvalue weighted by molar-refractivity contribution is 0.0762. The van der Waals surface area contributed by atoms with Crippen molar-refractivity contribution in [3.63, 3.8) is 0 Å². The summed E-state index contributed by atoms with van der Waals surface area (Å²) in [5, 5.41) is 18.7. The Labute approximate surface area is 141 Å². The highest BCUT2D eigenvalue weighted by atomic mass is 16.2. The first-order chi connectivity index (χ1) is 11.7. The van der Waals surface area contributed by atoms with Gasteiger partial charge in [0.25, 0.3) is 5.91 Å². The quantitative estimate of drug-likeness (QED) is 0.917. The maximum absolute atomic E-state index is 12.8. The Kier molecular flexibility index (Phi) is 4.82. The third kappa shape index (κ3) is 3.12. The fraction of sp³-hybridized carbons (Fsp3) is 0.421. The molecule has 122 valence electrons. The van der Waals surface area contributed by atoms with Crippen LogP contribution in [0.5, 0.6) is 0 Å². The summed E-state index contributed by atoms with van der Waals surface area (Å²) in [5.74, 6) is -0.104. The number of aryl methyl sites for hydroxylation is 2. The minimum Gasteiger partial charge on any atom is -0.358 e. The zero-order chi connectivity index (χ0) is 16.9. The van der Waals surface area contributed by atoms with Crippen LogP contribution in [0.15, 0.2) is 18.2 Å². The molecule has 0 atom stereocenters. The number of fused-ring (bicyclic) bond motifs is 3. The molecule has 0 fully saturated rings. The summed E-state index contributed by atoms with van der Waals surface area (Å²) < 4.78 is 0. The lowest BCUT2D eigenvalue weighted by atomic mass is 9.95. The van der Waals surface area contributed by atoms with Crippen molar-refractivity contribution in [1.82, 2.24) is 9.88 Å². The fourth-order valence-electron chi connectivity index (χ4n) is 3.41. The van der Waals surface area contributed by atoms with Crippen molar-refractivity contribution >= 4 is 16.8 Å². The molecule has 0 spiro atoms. The zero-order valence-electron chi connectivity index (χ0n) is 13.6. The van der Waals surface area contributed by atoms with Gasteiger partial charge in [0.2, 0.25) is 0 Å². The van der Waals surface area contributed by atoms with Crippen molar-refractivity contribution in [2.75, 3.05) is 13.1 Å². The summed E-state index contributed by atoms with van der Waals surface area (Å²) >= 11 is 0. The number of nitrogens with one attached hydrogen (secondary N) is 1. The highest BCUT2D eigenvalue weighted by Gasteiger charge is 2.19. The number of aromatic amines is 1. The van der Waals surface area contributed by atoms with Gasteiger partial charge in [0.05, 0.1) is 25.0 Å². The molecule has 0 bridgehead atoms. The molecule has 5 heteroatoms. The topological polar surface area (TPSA) is 83.7 Å². The molecule has 0 aliphatic heterocycles. The third-order valence-corrected chi connectivity index (χ3v) is 4.62. The van der Waals surface area contributed by atoms with E-state index in [1.165, 1.54) is 24.1 Å². The second-order valence-corrected chi connectivity index (χ2v) is 6.16. The van der Waals surface area contributed by atoms with Gasteiger partial charge >= 0.3 is 0 Å². The number of hydrogen-bond acceptors (Lipinski definition) is 3. The Hall–Kier alpha value is -2.79. The standard InChI is InChI=1S/C19H20N4O/c20-9-3-11-23(12-4-10-21)19(24)14-7-8-18-16(13-14)15-5-1-2-6-17(15)22-18/h7-8,13,22H,1-6,11-12H2. The van der Waals surface area contributed by atoms with E-state index in [9.17, 15) is 4.79 Å². The maximum Gasteiger partial charge on any atom is 0.253 e. The molecule has 0 radical (unpaired) electrons. The zero-order valence-corrected chi connectivity index (χ0v) is 13.6. The summed E-state index contributed by atoms with van der Waals surface area (Å²) in [4.78, 5) is 17.9. The number of rotatable bonds is 5. The molecule has 1 aliphatic rings. The number of carbonyl (C=O) groups is 1. The molecule has 3 rings (SSSR count). The van der Waals surface area contributed by atoms with E-state index in [0.717, 1.165) is 23.7 Å². The van der Waals surface area contributed by atoms with E-state index in [0.29, 0.717) is 18.7 Å². The second-order valence-electron chi connectivity index (χ2n) is 6.16. The predicted molar refractivity (Wildman–Crippen MR) is 91.3 cm³/mol. The number of H-pyrrole nitrogens is 1. The highest BCUT2D eigenvalue weighted by molar-refractivity contribution is 5.99. The molecule has 0 unspecified atom stereocenters. The van der Waals surface area contributed by atoms with Gasteiger partial charge in [0.15, 0.2) is 0 Å². The monoisotopic (exact) mass is 320 g/mol. The van der Waals surface area contributed by atoms with Crippen molar-refractivity contribution in [3.05, 3.63) is 35.0 Å². The second kappa shape index (κ2) is 7.19. The van der Waals surface area contributed by atoms with E-state index < -0.39 is 0 Å². The Bertz CT molecular complexity index is 819. The SMILES string of the molecule is N#CCCN(CCC#N)C(=O)c1ccc2[nH]c3c(c2c1)CCCC3. The van der Waals surface area contributed by atoms with Crippen LogP contribution in [0.4, 0.5) is 0 Å². The van der Waals surface area contributed by atoms with Crippen LogP contribution in [0.2, 0.25) is 0 Å². The number of amides is 1. The van der Waals surface area contributed by atoms with Crippen LogP contribution >= 0.6 is 0 Å². The van der Waals surface area contributed by atoms with Crippen LogP contribution in [0, 0.1) is 22.7 Å². The molecule has 24 heavy (non-hydrogen) atoms. The van der Waals surface area contributed by atoms with Crippen LogP contribution in [0.3, 0.4) is 0 Å². The predicted octanol–water partition coefficient (Wildman–Crippen LogP) is 3.32. The minimum absolute atomic E-state index is 0.104. The van der Waals surface area contributed by atoms with E-state index in [4.69, 9.17) is 10.5 Å². The van der Waals surface area contributed by atoms with Crippen LogP contribution in [-0.4, -0.2) is 28.9 Å². The number of benzene rings is 1. The molecule has 5 nitrogen and oxygen atoms in total.